The summed E-state index contributed by atoms with van der Waals surface area (Å²) in [4.78, 5) is 0. The highest BCUT2D eigenvalue weighted by Gasteiger charge is 2.16. The predicted molar refractivity (Wildman–Crippen MR) is 77.9 cm³/mol. The van der Waals surface area contributed by atoms with Crippen LogP contribution in [0.4, 0.5) is 8.78 Å². The smallest absolute Gasteiger partial charge is 0.131 e. The van der Waals surface area contributed by atoms with Crippen LogP contribution in [-0.2, 0) is 11.3 Å². The van der Waals surface area contributed by atoms with E-state index in [1.807, 2.05) is 0 Å². The van der Waals surface area contributed by atoms with Crippen LogP contribution in [0.2, 0.25) is 0 Å². The molecular weight excluding hydrogens is 272 g/mol. The third-order valence-electron chi connectivity index (χ3n) is 3.72. The summed E-state index contributed by atoms with van der Waals surface area (Å²) >= 11 is 0. The molecule has 0 amide bonds. The third kappa shape index (κ3) is 3.28. The highest BCUT2D eigenvalue weighted by atomic mass is 19.1. The zero-order valence-electron chi connectivity index (χ0n) is 11.6. The molecular formula is C17H17F2NO. The molecule has 1 unspecified atom stereocenters. The van der Waals surface area contributed by atoms with Crippen molar-refractivity contribution in [3.63, 3.8) is 0 Å². The van der Waals surface area contributed by atoms with Crippen molar-refractivity contribution in [2.24, 2.45) is 0 Å². The largest absolute Gasteiger partial charge is 0.372 e. The predicted octanol–water partition coefficient (Wildman–Crippen LogP) is 3.51. The SMILES string of the molecule is Fc1ccc(-c2ccccc2F)c(COC2CCNC2)c1. The molecule has 1 N–H and O–H groups in total. The fraction of sp³-hybridized carbons (Fsp3) is 0.294. The summed E-state index contributed by atoms with van der Waals surface area (Å²) in [6.45, 7) is 2.03. The number of rotatable bonds is 4. The molecule has 0 bridgehead atoms. The molecule has 110 valence electrons. The Morgan fingerprint density at radius 2 is 1.95 bits per heavy atom. The Morgan fingerprint density at radius 3 is 2.71 bits per heavy atom. The first-order chi connectivity index (χ1) is 10.2. The molecule has 1 heterocycles. The second-order valence-corrected chi connectivity index (χ2v) is 5.21. The Kier molecular flexibility index (Phi) is 4.27. The zero-order valence-corrected chi connectivity index (χ0v) is 11.6. The van der Waals surface area contributed by atoms with Gasteiger partial charge in [0, 0.05) is 12.1 Å². The van der Waals surface area contributed by atoms with Gasteiger partial charge in [0.25, 0.3) is 0 Å². The van der Waals surface area contributed by atoms with Crippen LogP contribution in [0.5, 0.6) is 0 Å². The summed E-state index contributed by atoms with van der Waals surface area (Å²) in [7, 11) is 0. The molecule has 0 aliphatic carbocycles. The van der Waals surface area contributed by atoms with Crippen molar-refractivity contribution in [1.82, 2.24) is 5.32 Å². The minimum Gasteiger partial charge on any atom is -0.372 e. The molecule has 2 nitrogen and oxygen atoms in total. The molecule has 0 spiro atoms. The second kappa shape index (κ2) is 6.33. The van der Waals surface area contributed by atoms with Crippen LogP contribution in [0.1, 0.15) is 12.0 Å². The van der Waals surface area contributed by atoms with Crippen LogP contribution < -0.4 is 5.32 Å². The van der Waals surface area contributed by atoms with Gasteiger partial charge in [-0.3, -0.25) is 0 Å². The van der Waals surface area contributed by atoms with Crippen LogP contribution in [-0.4, -0.2) is 19.2 Å². The summed E-state index contributed by atoms with van der Waals surface area (Å²) < 4.78 is 33.2. The van der Waals surface area contributed by atoms with Gasteiger partial charge in [-0.2, -0.15) is 0 Å². The lowest BCUT2D eigenvalue weighted by molar-refractivity contribution is 0.0543. The molecule has 3 rings (SSSR count). The van der Waals surface area contributed by atoms with Crippen molar-refractivity contribution < 1.29 is 13.5 Å². The Hall–Kier alpha value is -1.78. The first-order valence-electron chi connectivity index (χ1n) is 7.09. The van der Waals surface area contributed by atoms with Gasteiger partial charge < -0.3 is 10.1 Å². The third-order valence-corrected chi connectivity index (χ3v) is 3.72. The zero-order chi connectivity index (χ0) is 14.7. The van der Waals surface area contributed by atoms with Crippen molar-refractivity contribution >= 4 is 0 Å². The molecule has 4 heteroatoms. The van der Waals surface area contributed by atoms with E-state index in [1.165, 1.54) is 18.2 Å². The number of halogens is 2. The van der Waals surface area contributed by atoms with E-state index in [0.29, 0.717) is 16.7 Å². The van der Waals surface area contributed by atoms with E-state index < -0.39 is 0 Å². The number of nitrogens with one attached hydrogen (secondary N) is 1. The van der Waals surface area contributed by atoms with Gasteiger partial charge in [-0.15, -0.1) is 0 Å². The number of hydrogen-bond donors (Lipinski definition) is 1. The second-order valence-electron chi connectivity index (χ2n) is 5.21. The van der Waals surface area contributed by atoms with E-state index in [0.717, 1.165) is 19.5 Å². The number of benzene rings is 2. The molecule has 0 aromatic heterocycles. The monoisotopic (exact) mass is 289 g/mol. The topological polar surface area (TPSA) is 21.3 Å². The average Bonchev–Trinajstić information content (AvgIpc) is 3.00. The molecule has 1 fully saturated rings. The fourth-order valence-electron chi connectivity index (χ4n) is 2.60. The van der Waals surface area contributed by atoms with Gasteiger partial charge in [0.2, 0.25) is 0 Å². The summed E-state index contributed by atoms with van der Waals surface area (Å²) in [5.41, 5.74) is 1.83. The number of ether oxygens (including phenoxy) is 1. The quantitative estimate of drug-likeness (QED) is 0.930. The van der Waals surface area contributed by atoms with Crippen LogP contribution >= 0.6 is 0 Å². The number of hydrogen-bond acceptors (Lipinski definition) is 2. The van der Waals surface area contributed by atoms with Crippen molar-refractivity contribution in [1.29, 1.82) is 0 Å². The minimum atomic E-state index is -0.335. The summed E-state index contributed by atoms with van der Waals surface area (Å²) in [5, 5.41) is 3.22. The van der Waals surface area contributed by atoms with Crippen LogP contribution in [0.3, 0.4) is 0 Å². The first-order valence-corrected chi connectivity index (χ1v) is 7.09. The maximum atomic E-state index is 14.0. The van der Waals surface area contributed by atoms with Gasteiger partial charge in [-0.25, -0.2) is 8.78 Å². The van der Waals surface area contributed by atoms with Crippen LogP contribution in [0, 0.1) is 11.6 Å². The van der Waals surface area contributed by atoms with E-state index in [-0.39, 0.29) is 24.3 Å². The summed E-state index contributed by atoms with van der Waals surface area (Å²) in [6, 6.07) is 10.9. The average molecular weight is 289 g/mol. The lowest BCUT2D eigenvalue weighted by Gasteiger charge is -2.14. The molecule has 1 atom stereocenters. The maximum Gasteiger partial charge on any atom is 0.131 e. The van der Waals surface area contributed by atoms with Crippen molar-refractivity contribution in [3.8, 4) is 11.1 Å². The standard InChI is InChI=1S/C17H17F2NO/c18-13-5-6-15(16-3-1-2-4-17(16)19)12(9-13)11-21-14-7-8-20-10-14/h1-6,9,14,20H,7-8,10-11H2. The molecule has 1 aliphatic heterocycles. The van der Waals surface area contributed by atoms with Gasteiger partial charge in [-0.1, -0.05) is 24.3 Å². The highest BCUT2D eigenvalue weighted by molar-refractivity contribution is 5.67. The molecule has 1 saturated heterocycles. The summed E-state index contributed by atoms with van der Waals surface area (Å²) in [6.07, 6.45) is 1.09. The van der Waals surface area contributed by atoms with E-state index in [1.54, 1.807) is 24.3 Å². The molecule has 21 heavy (non-hydrogen) atoms. The normalized spacial score (nSPS) is 18.1. The minimum absolute atomic E-state index is 0.140. The summed E-state index contributed by atoms with van der Waals surface area (Å²) in [5.74, 6) is -0.647. The molecule has 2 aromatic rings. The van der Waals surface area contributed by atoms with E-state index in [4.69, 9.17) is 4.74 Å². The van der Waals surface area contributed by atoms with E-state index in [2.05, 4.69) is 5.32 Å². The Morgan fingerprint density at radius 1 is 1.10 bits per heavy atom. The lowest BCUT2D eigenvalue weighted by Crippen LogP contribution is -2.16. The van der Waals surface area contributed by atoms with E-state index >= 15 is 0 Å². The van der Waals surface area contributed by atoms with Gasteiger partial charge >= 0.3 is 0 Å². The Balaban J connectivity index is 1.87. The van der Waals surface area contributed by atoms with Crippen LogP contribution in [0.25, 0.3) is 11.1 Å². The fourth-order valence-corrected chi connectivity index (χ4v) is 2.60. The Labute approximate surface area is 122 Å². The highest BCUT2D eigenvalue weighted by Crippen LogP contribution is 2.28. The molecule has 0 radical (unpaired) electrons. The lowest BCUT2D eigenvalue weighted by atomic mass is 9.99. The maximum absolute atomic E-state index is 14.0. The van der Waals surface area contributed by atoms with Gasteiger partial charge in [-0.05, 0) is 42.3 Å². The molecule has 2 aromatic carbocycles. The molecule has 1 aliphatic rings. The van der Waals surface area contributed by atoms with Gasteiger partial charge in [0.15, 0.2) is 0 Å². The van der Waals surface area contributed by atoms with E-state index in [9.17, 15) is 8.78 Å². The Bertz CT molecular complexity index is 624. The molecule has 0 saturated carbocycles. The van der Waals surface area contributed by atoms with Crippen LogP contribution in [0.15, 0.2) is 42.5 Å². The first kappa shape index (κ1) is 14.2. The van der Waals surface area contributed by atoms with Crippen molar-refractivity contribution in [3.05, 3.63) is 59.7 Å². The van der Waals surface area contributed by atoms with Gasteiger partial charge in [0.05, 0.1) is 12.7 Å². The van der Waals surface area contributed by atoms with Crippen molar-refractivity contribution in [2.75, 3.05) is 13.1 Å². The van der Waals surface area contributed by atoms with Gasteiger partial charge in [0.1, 0.15) is 11.6 Å². The van der Waals surface area contributed by atoms with Crippen molar-refractivity contribution in [2.45, 2.75) is 19.1 Å².